The Morgan fingerprint density at radius 2 is 2.21 bits per heavy atom. The fourth-order valence-electron chi connectivity index (χ4n) is 3.01. The molecule has 0 spiro atoms. The number of nitrogens with zero attached hydrogens (tertiary/aromatic N) is 2. The molecular weight excluding hydrogens is 309 g/mol. The van der Waals surface area contributed by atoms with Crippen molar-refractivity contribution in [1.29, 1.82) is 0 Å². The Morgan fingerprint density at radius 3 is 2.92 bits per heavy atom. The molecule has 2 amide bonds. The summed E-state index contributed by atoms with van der Waals surface area (Å²) in [7, 11) is 3.69. The monoisotopic (exact) mass is 337 g/mol. The second kappa shape index (κ2) is 9.59. The summed E-state index contributed by atoms with van der Waals surface area (Å²) in [5.41, 5.74) is 0.513. The van der Waals surface area contributed by atoms with Gasteiger partial charge < -0.3 is 19.9 Å². The minimum absolute atomic E-state index is 0.172. The van der Waals surface area contributed by atoms with Gasteiger partial charge in [-0.3, -0.25) is 0 Å². The third-order valence-corrected chi connectivity index (χ3v) is 4.58. The standard InChI is InChI=1S/C18H28FN3O2/c1-21-10-6-5-8-16(21)13-20-18(23)22(11-12-24-2)14-15-7-3-4-9-17(15)19/h3-4,7,9,16H,5-6,8,10-14H2,1-2H3,(H,20,23). The summed E-state index contributed by atoms with van der Waals surface area (Å²) in [6.07, 6.45) is 3.52. The quantitative estimate of drug-likeness (QED) is 0.831. The molecule has 0 aliphatic carbocycles. The summed E-state index contributed by atoms with van der Waals surface area (Å²) in [6.45, 7) is 2.78. The van der Waals surface area contributed by atoms with Gasteiger partial charge in [0, 0.05) is 31.8 Å². The summed E-state index contributed by atoms with van der Waals surface area (Å²) in [5.74, 6) is -0.292. The smallest absolute Gasteiger partial charge is 0.317 e. The first-order valence-corrected chi connectivity index (χ1v) is 8.57. The summed E-state index contributed by atoms with van der Waals surface area (Å²) < 4.78 is 18.9. The molecule has 134 valence electrons. The summed E-state index contributed by atoms with van der Waals surface area (Å²) in [6, 6.07) is 6.75. The molecule has 6 heteroatoms. The molecule has 2 rings (SSSR count). The zero-order chi connectivity index (χ0) is 17.4. The first kappa shape index (κ1) is 18.7. The van der Waals surface area contributed by atoms with Gasteiger partial charge in [0.15, 0.2) is 0 Å². The number of methoxy groups -OCH3 is 1. The third kappa shape index (κ3) is 5.46. The Labute approximate surface area is 143 Å². The van der Waals surface area contributed by atoms with Crippen LogP contribution in [0.25, 0.3) is 0 Å². The van der Waals surface area contributed by atoms with Crippen molar-refractivity contribution in [1.82, 2.24) is 15.1 Å². The van der Waals surface area contributed by atoms with E-state index in [0.29, 0.717) is 31.3 Å². The highest BCUT2D eigenvalue weighted by Gasteiger charge is 2.21. The Balaban J connectivity index is 1.93. The molecule has 5 nitrogen and oxygen atoms in total. The molecule has 1 aromatic rings. The number of nitrogens with one attached hydrogen (secondary N) is 1. The van der Waals surface area contributed by atoms with Crippen LogP contribution in [0, 0.1) is 5.82 Å². The second-order valence-corrected chi connectivity index (χ2v) is 6.32. The molecule has 1 N–H and O–H groups in total. The molecule has 1 heterocycles. The third-order valence-electron chi connectivity index (χ3n) is 4.58. The molecule has 1 fully saturated rings. The highest BCUT2D eigenvalue weighted by molar-refractivity contribution is 5.74. The predicted octanol–water partition coefficient (Wildman–Crippen LogP) is 2.47. The number of urea groups is 1. The molecule has 1 atom stereocenters. The van der Waals surface area contributed by atoms with Crippen LogP contribution in [0.1, 0.15) is 24.8 Å². The molecule has 1 unspecified atom stereocenters. The Hall–Kier alpha value is -1.66. The number of amides is 2. The van der Waals surface area contributed by atoms with E-state index in [2.05, 4.69) is 17.3 Å². The number of piperidine rings is 1. The van der Waals surface area contributed by atoms with Gasteiger partial charge in [-0.15, -0.1) is 0 Å². The second-order valence-electron chi connectivity index (χ2n) is 6.32. The average molecular weight is 337 g/mol. The summed E-state index contributed by atoms with van der Waals surface area (Å²) in [5, 5.41) is 3.00. The van der Waals surface area contributed by atoms with E-state index in [1.54, 1.807) is 30.2 Å². The topological polar surface area (TPSA) is 44.8 Å². The van der Waals surface area contributed by atoms with Gasteiger partial charge >= 0.3 is 6.03 Å². The number of benzene rings is 1. The van der Waals surface area contributed by atoms with Crippen molar-refractivity contribution in [3.63, 3.8) is 0 Å². The lowest BCUT2D eigenvalue weighted by atomic mass is 10.0. The number of rotatable bonds is 7. The number of halogens is 1. The van der Waals surface area contributed by atoms with E-state index in [-0.39, 0.29) is 18.4 Å². The highest BCUT2D eigenvalue weighted by Crippen LogP contribution is 2.14. The molecule has 1 saturated heterocycles. The number of hydrogen-bond acceptors (Lipinski definition) is 3. The lowest BCUT2D eigenvalue weighted by Crippen LogP contribution is -2.48. The summed E-state index contributed by atoms with van der Waals surface area (Å²) >= 11 is 0. The van der Waals surface area contributed by atoms with Crippen molar-refractivity contribution < 1.29 is 13.9 Å². The molecule has 1 aromatic carbocycles. The molecule has 0 aromatic heterocycles. The van der Waals surface area contributed by atoms with Gasteiger partial charge in [0.05, 0.1) is 13.2 Å². The fourth-order valence-corrected chi connectivity index (χ4v) is 3.01. The van der Waals surface area contributed by atoms with Crippen LogP contribution < -0.4 is 5.32 Å². The maximum atomic E-state index is 13.9. The van der Waals surface area contributed by atoms with Crippen molar-refractivity contribution in [3.05, 3.63) is 35.6 Å². The zero-order valence-electron chi connectivity index (χ0n) is 14.6. The van der Waals surface area contributed by atoms with Crippen LogP contribution in [0.2, 0.25) is 0 Å². The van der Waals surface area contributed by atoms with Gasteiger partial charge in [0.25, 0.3) is 0 Å². The Morgan fingerprint density at radius 1 is 1.42 bits per heavy atom. The van der Waals surface area contributed by atoms with E-state index in [1.165, 1.54) is 18.9 Å². The van der Waals surface area contributed by atoms with Crippen molar-refractivity contribution >= 4 is 6.03 Å². The molecule has 0 saturated carbocycles. The SMILES string of the molecule is COCCN(Cc1ccccc1F)C(=O)NCC1CCCCN1C. The molecule has 24 heavy (non-hydrogen) atoms. The highest BCUT2D eigenvalue weighted by atomic mass is 19.1. The minimum atomic E-state index is -0.292. The lowest BCUT2D eigenvalue weighted by Gasteiger charge is -2.33. The first-order chi connectivity index (χ1) is 11.6. The van der Waals surface area contributed by atoms with Gasteiger partial charge in [0.1, 0.15) is 5.82 Å². The Bertz CT molecular complexity index is 527. The van der Waals surface area contributed by atoms with Gasteiger partial charge in [-0.25, -0.2) is 9.18 Å². The normalized spacial score (nSPS) is 18.4. The van der Waals surface area contributed by atoms with Gasteiger partial charge in [-0.2, -0.15) is 0 Å². The van der Waals surface area contributed by atoms with Crippen LogP contribution in [0.3, 0.4) is 0 Å². The maximum absolute atomic E-state index is 13.9. The number of carbonyl (C=O) groups is 1. The Kier molecular flexibility index (Phi) is 7.46. The molecule has 0 radical (unpaired) electrons. The van der Waals surface area contributed by atoms with Crippen LogP contribution in [0.15, 0.2) is 24.3 Å². The first-order valence-electron chi connectivity index (χ1n) is 8.57. The van der Waals surface area contributed by atoms with Gasteiger partial charge in [-0.05, 0) is 32.5 Å². The number of carbonyl (C=O) groups excluding carboxylic acids is 1. The lowest BCUT2D eigenvalue weighted by molar-refractivity contribution is 0.140. The van der Waals surface area contributed by atoms with Gasteiger partial charge in [0.2, 0.25) is 0 Å². The van der Waals surface area contributed by atoms with Crippen molar-refractivity contribution in [3.8, 4) is 0 Å². The van der Waals surface area contributed by atoms with E-state index < -0.39 is 0 Å². The van der Waals surface area contributed by atoms with Crippen LogP contribution in [-0.4, -0.2) is 62.3 Å². The van der Waals surface area contributed by atoms with Crippen molar-refractivity contribution in [2.24, 2.45) is 0 Å². The maximum Gasteiger partial charge on any atom is 0.317 e. The minimum Gasteiger partial charge on any atom is -0.383 e. The largest absolute Gasteiger partial charge is 0.383 e. The molecule has 0 bridgehead atoms. The number of ether oxygens (including phenoxy) is 1. The molecular formula is C18H28FN3O2. The van der Waals surface area contributed by atoms with Crippen LogP contribution in [0.5, 0.6) is 0 Å². The number of hydrogen-bond donors (Lipinski definition) is 1. The fraction of sp³-hybridized carbons (Fsp3) is 0.611. The van der Waals surface area contributed by atoms with Crippen molar-refractivity contribution in [2.45, 2.75) is 31.8 Å². The zero-order valence-corrected chi connectivity index (χ0v) is 14.6. The summed E-state index contributed by atoms with van der Waals surface area (Å²) in [4.78, 5) is 16.4. The van der Waals surface area contributed by atoms with Crippen LogP contribution >= 0.6 is 0 Å². The molecule has 1 aliphatic heterocycles. The van der Waals surface area contributed by atoms with Crippen LogP contribution in [-0.2, 0) is 11.3 Å². The van der Waals surface area contributed by atoms with E-state index in [1.807, 2.05) is 0 Å². The van der Waals surface area contributed by atoms with E-state index >= 15 is 0 Å². The van der Waals surface area contributed by atoms with Gasteiger partial charge in [-0.1, -0.05) is 24.6 Å². The van der Waals surface area contributed by atoms with E-state index in [9.17, 15) is 9.18 Å². The van der Waals surface area contributed by atoms with Crippen molar-refractivity contribution in [2.75, 3.05) is 40.4 Å². The van der Waals surface area contributed by atoms with E-state index in [4.69, 9.17) is 4.74 Å². The number of likely N-dealkylation sites (N-methyl/N-ethyl adjacent to an activating group) is 1. The number of likely N-dealkylation sites (tertiary alicyclic amines) is 1. The van der Waals surface area contributed by atoms with Crippen LogP contribution in [0.4, 0.5) is 9.18 Å². The average Bonchev–Trinajstić information content (AvgIpc) is 2.59. The molecule has 1 aliphatic rings. The predicted molar refractivity (Wildman–Crippen MR) is 92.4 cm³/mol. The van der Waals surface area contributed by atoms with E-state index in [0.717, 1.165) is 13.0 Å².